The highest BCUT2D eigenvalue weighted by atomic mass is 31.0. The minimum absolute atomic E-state index is 0.165. The van der Waals surface area contributed by atoms with Crippen LogP contribution < -0.4 is 4.94 Å². The molecule has 1 aromatic carbocycles. The lowest BCUT2D eigenvalue weighted by molar-refractivity contribution is -0.00768. The first-order valence-electron chi connectivity index (χ1n) is 3.93. The van der Waals surface area contributed by atoms with Gasteiger partial charge in [-0.2, -0.15) is 8.78 Å². The molecule has 78 valence electrons. The molecular weight excluding hydrogens is 212 g/mol. The molecule has 1 unspecified atom stereocenters. The second-order valence-electron chi connectivity index (χ2n) is 3.12. The van der Waals surface area contributed by atoms with Crippen molar-refractivity contribution in [2.24, 2.45) is 0 Å². The molecule has 0 aliphatic carbocycles. The number of halogens is 3. The van der Waals surface area contributed by atoms with Crippen molar-refractivity contribution in [3.8, 4) is 5.75 Å². The second-order valence-corrected chi connectivity index (χ2v) is 3.84. The summed E-state index contributed by atoms with van der Waals surface area (Å²) in [6.07, 6.45) is 0. The predicted octanol–water partition coefficient (Wildman–Crippen LogP) is 3.49. The quantitative estimate of drug-likeness (QED) is 0.696. The number of benzene rings is 1. The van der Waals surface area contributed by atoms with E-state index in [0.29, 0.717) is 11.1 Å². The van der Waals surface area contributed by atoms with Crippen molar-refractivity contribution in [1.29, 1.82) is 0 Å². The zero-order valence-electron chi connectivity index (χ0n) is 7.77. The van der Waals surface area contributed by atoms with Crippen LogP contribution >= 0.6 is 9.24 Å². The molecule has 0 aliphatic heterocycles. The molecule has 0 heterocycles. The van der Waals surface area contributed by atoms with Crippen molar-refractivity contribution in [2.45, 2.75) is 19.5 Å². The highest BCUT2D eigenvalue weighted by molar-refractivity contribution is 7.17. The molecular formula is C9H10F3OP. The van der Waals surface area contributed by atoms with Crippen LogP contribution in [0.25, 0.3) is 0 Å². The Kier molecular flexibility index (Phi) is 3.05. The summed E-state index contributed by atoms with van der Waals surface area (Å²) in [5, 5.41) is 0. The van der Waals surface area contributed by atoms with E-state index in [1.54, 1.807) is 13.8 Å². The van der Waals surface area contributed by atoms with Gasteiger partial charge in [-0.1, -0.05) is 9.24 Å². The Hall–Kier alpha value is -0.760. The van der Waals surface area contributed by atoms with Gasteiger partial charge in [-0.05, 0) is 37.1 Å². The fourth-order valence-corrected chi connectivity index (χ4v) is 1.27. The second kappa shape index (κ2) is 3.77. The zero-order valence-corrected chi connectivity index (χ0v) is 8.93. The Labute approximate surface area is 82.4 Å². The van der Waals surface area contributed by atoms with Crippen LogP contribution in [0.2, 0.25) is 0 Å². The Balaban J connectivity index is 3.30. The monoisotopic (exact) mass is 222 g/mol. The number of alkyl halides is 2. The summed E-state index contributed by atoms with van der Waals surface area (Å²) < 4.78 is 37.7. The van der Waals surface area contributed by atoms with E-state index >= 15 is 0 Å². The van der Waals surface area contributed by atoms with Crippen LogP contribution in [0.4, 0.5) is 13.3 Å². The summed E-state index contributed by atoms with van der Waals surface area (Å²) in [6, 6.07) is 2.31. The summed E-state index contributed by atoms with van der Waals surface area (Å²) in [5.41, 5.74) is -2.26. The van der Waals surface area contributed by atoms with Crippen LogP contribution in [0.1, 0.15) is 16.7 Å². The van der Waals surface area contributed by atoms with E-state index < -0.39 is 5.66 Å². The van der Waals surface area contributed by atoms with Gasteiger partial charge in [-0.25, -0.2) is 0 Å². The average Bonchev–Trinajstić information content (AvgIpc) is 2.07. The number of rotatable bonds is 2. The van der Waals surface area contributed by atoms with Gasteiger partial charge in [-0.3, -0.25) is 4.94 Å². The molecule has 0 saturated heterocycles. The SMILES string of the molecule is Cc1cc(C(F)(F)P)cc(OF)c1C. The van der Waals surface area contributed by atoms with E-state index in [2.05, 4.69) is 4.94 Å². The van der Waals surface area contributed by atoms with Crippen molar-refractivity contribution in [3.63, 3.8) is 0 Å². The average molecular weight is 222 g/mol. The van der Waals surface area contributed by atoms with Crippen molar-refractivity contribution in [3.05, 3.63) is 28.8 Å². The number of hydrogen-bond donors (Lipinski definition) is 0. The molecule has 14 heavy (non-hydrogen) atoms. The summed E-state index contributed by atoms with van der Waals surface area (Å²) in [5.74, 6) is -0.165. The third-order valence-corrected chi connectivity index (χ3v) is 2.42. The summed E-state index contributed by atoms with van der Waals surface area (Å²) >= 11 is 0. The number of aryl methyl sites for hydroxylation is 1. The predicted molar refractivity (Wildman–Crippen MR) is 51.3 cm³/mol. The molecule has 0 spiro atoms. The lowest BCUT2D eigenvalue weighted by Gasteiger charge is -2.13. The molecule has 0 bridgehead atoms. The van der Waals surface area contributed by atoms with E-state index in [0.717, 1.165) is 6.07 Å². The van der Waals surface area contributed by atoms with E-state index in [1.807, 2.05) is 0 Å². The Morgan fingerprint density at radius 2 is 1.86 bits per heavy atom. The summed E-state index contributed by atoms with van der Waals surface area (Å²) in [4.78, 5) is 3.52. The summed E-state index contributed by atoms with van der Waals surface area (Å²) in [7, 11) is 1.40. The molecule has 0 aromatic heterocycles. The van der Waals surface area contributed by atoms with Crippen LogP contribution in [-0.2, 0) is 5.66 Å². The van der Waals surface area contributed by atoms with Crippen molar-refractivity contribution >= 4 is 9.24 Å². The smallest absolute Gasteiger partial charge is 0.284 e. The fraction of sp³-hybridized carbons (Fsp3) is 0.333. The third kappa shape index (κ3) is 2.18. The largest absolute Gasteiger partial charge is 0.294 e. The molecule has 0 amide bonds. The van der Waals surface area contributed by atoms with Crippen molar-refractivity contribution in [2.75, 3.05) is 0 Å². The Bertz CT molecular complexity index is 347. The molecule has 0 saturated carbocycles. The summed E-state index contributed by atoms with van der Waals surface area (Å²) in [6.45, 7) is 3.23. The van der Waals surface area contributed by atoms with Crippen LogP contribution in [0.3, 0.4) is 0 Å². The van der Waals surface area contributed by atoms with Crippen LogP contribution in [0.5, 0.6) is 5.75 Å². The molecule has 1 rings (SSSR count). The first-order valence-corrected chi connectivity index (χ1v) is 4.51. The van der Waals surface area contributed by atoms with Gasteiger partial charge in [0.1, 0.15) is 0 Å². The van der Waals surface area contributed by atoms with Gasteiger partial charge in [0.25, 0.3) is 5.66 Å². The molecule has 5 heteroatoms. The lowest BCUT2D eigenvalue weighted by Crippen LogP contribution is -2.04. The van der Waals surface area contributed by atoms with E-state index in [1.165, 1.54) is 15.3 Å². The van der Waals surface area contributed by atoms with E-state index in [9.17, 15) is 13.3 Å². The van der Waals surface area contributed by atoms with Gasteiger partial charge in [0.05, 0.1) is 0 Å². The maximum Gasteiger partial charge on any atom is 0.284 e. The van der Waals surface area contributed by atoms with Crippen LogP contribution in [0, 0.1) is 13.8 Å². The number of hydrogen-bond acceptors (Lipinski definition) is 1. The highest BCUT2D eigenvalue weighted by Crippen LogP contribution is 2.38. The first-order chi connectivity index (χ1) is 6.36. The van der Waals surface area contributed by atoms with E-state index in [-0.39, 0.29) is 11.3 Å². The van der Waals surface area contributed by atoms with Crippen LogP contribution in [-0.4, -0.2) is 0 Å². The van der Waals surface area contributed by atoms with E-state index in [4.69, 9.17) is 0 Å². The maximum atomic E-state index is 12.9. The molecule has 0 fully saturated rings. The van der Waals surface area contributed by atoms with Gasteiger partial charge < -0.3 is 0 Å². The van der Waals surface area contributed by atoms with Gasteiger partial charge >= 0.3 is 0 Å². The van der Waals surface area contributed by atoms with Gasteiger partial charge in [-0.15, -0.1) is 0 Å². The minimum Gasteiger partial charge on any atom is -0.294 e. The van der Waals surface area contributed by atoms with Crippen molar-refractivity contribution in [1.82, 2.24) is 0 Å². The van der Waals surface area contributed by atoms with Gasteiger partial charge in [0.2, 0.25) is 0 Å². The highest BCUT2D eigenvalue weighted by Gasteiger charge is 2.26. The first kappa shape index (κ1) is 11.3. The maximum absolute atomic E-state index is 12.9. The zero-order chi connectivity index (χ0) is 10.9. The Morgan fingerprint density at radius 1 is 1.29 bits per heavy atom. The third-order valence-electron chi connectivity index (χ3n) is 2.09. The molecule has 1 atom stereocenters. The fourth-order valence-electron chi connectivity index (χ4n) is 1.10. The topological polar surface area (TPSA) is 9.23 Å². The standard InChI is InChI=1S/C9H10F3OP/c1-5-3-7(9(10,11)14)4-8(13-12)6(5)2/h3-4H,14H2,1-2H3. The van der Waals surface area contributed by atoms with Crippen LogP contribution in [0.15, 0.2) is 12.1 Å². The lowest BCUT2D eigenvalue weighted by atomic mass is 10.1. The molecule has 0 aliphatic rings. The van der Waals surface area contributed by atoms with Gasteiger partial charge in [0, 0.05) is 10.1 Å². The molecule has 1 nitrogen and oxygen atoms in total. The molecule has 1 aromatic rings. The van der Waals surface area contributed by atoms with Crippen molar-refractivity contribution < 1.29 is 18.2 Å². The van der Waals surface area contributed by atoms with Gasteiger partial charge in [0.15, 0.2) is 5.75 Å². The minimum atomic E-state index is -3.06. The molecule has 0 radical (unpaired) electrons. The normalized spacial score (nSPS) is 11.6. The Morgan fingerprint density at radius 3 is 2.29 bits per heavy atom. The molecule has 0 N–H and O–H groups in total.